The predicted octanol–water partition coefficient (Wildman–Crippen LogP) is 3.19. The molecule has 1 rings (SSSR count). The molecule has 0 atom stereocenters. The van der Waals surface area contributed by atoms with Gasteiger partial charge in [-0.1, -0.05) is 0 Å². The third-order valence-electron chi connectivity index (χ3n) is 3.11. The molecule has 0 fully saturated rings. The number of hydrogen-bond acceptors (Lipinski definition) is 6. The highest BCUT2D eigenvalue weighted by atomic mass is 32.1. The van der Waals surface area contributed by atoms with Crippen LogP contribution in [0.25, 0.3) is 0 Å². The van der Waals surface area contributed by atoms with Gasteiger partial charge in [0.2, 0.25) is 0 Å². The molecule has 1 aromatic carbocycles. The zero-order chi connectivity index (χ0) is 19.7. The number of hydrogen-bond donors (Lipinski definition) is 4. The van der Waals surface area contributed by atoms with Crippen molar-refractivity contribution in [2.45, 2.75) is 27.7 Å². The molecule has 0 aliphatic carbocycles. The Kier molecular flexibility index (Phi) is 8.73. The monoisotopic (exact) mass is 398 g/mol. The molecule has 2 amide bonds. The van der Waals surface area contributed by atoms with E-state index >= 15 is 0 Å². The number of aryl methyl sites for hydroxylation is 2. The molecular weight excluding hydrogens is 376 g/mol. The van der Waals surface area contributed by atoms with E-state index < -0.39 is 12.2 Å². The molecule has 142 valence electrons. The summed E-state index contributed by atoms with van der Waals surface area (Å²) in [6.07, 6.45) is -1.30. The van der Waals surface area contributed by atoms with Gasteiger partial charge in [0.1, 0.15) is 0 Å². The molecule has 0 aliphatic rings. The SMILES string of the molecule is CCOC(=O)NC(=S)Nc1cc(C)c(C)cc1NC(=S)NC(=O)OCC. The summed E-state index contributed by atoms with van der Waals surface area (Å²) >= 11 is 10.2. The Labute approximate surface area is 163 Å². The number of benzene rings is 1. The Bertz CT molecular complexity index is 651. The van der Waals surface area contributed by atoms with Gasteiger partial charge in [-0.25, -0.2) is 9.59 Å². The van der Waals surface area contributed by atoms with Crippen LogP contribution in [0.3, 0.4) is 0 Å². The average Bonchev–Trinajstić information content (AvgIpc) is 2.52. The lowest BCUT2D eigenvalue weighted by molar-refractivity contribution is 0.157. The van der Waals surface area contributed by atoms with E-state index in [0.29, 0.717) is 11.4 Å². The molecule has 0 unspecified atom stereocenters. The molecule has 4 N–H and O–H groups in total. The van der Waals surface area contributed by atoms with Gasteiger partial charge in [0, 0.05) is 0 Å². The van der Waals surface area contributed by atoms with Crippen molar-refractivity contribution < 1.29 is 19.1 Å². The smallest absolute Gasteiger partial charge is 0.413 e. The fraction of sp³-hybridized carbons (Fsp3) is 0.375. The van der Waals surface area contributed by atoms with Crippen molar-refractivity contribution in [3.05, 3.63) is 23.3 Å². The van der Waals surface area contributed by atoms with E-state index in [1.54, 1.807) is 13.8 Å². The van der Waals surface area contributed by atoms with Gasteiger partial charge in [0.05, 0.1) is 24.6 Å². The summed E-state index contributed by atoms with van der Waals surface area (Å²) in [6, 6.07) is 3.67. The fourth-order valence-electron chi connectivity index (χ4n) is 1.85. The molecular formula is C16H22N4O4S2. The number of ether oxygens (including phenoxy) is 2. The summed E-state index contributed by atoms with van der Waals surface area (Å²) in [5, 5.41) is 10.8. The molecule has 26 heavy (non-hydrogen) atoms. The Hall–Kier alpha value is -2.46. The van der Waals surface area contributed by atoms with Crippen molar-refractivity contribution in [2.75, 3.05) is 23.8 Å². The molecule has 0 saturated carbocycles. The summed E-state index contributed by atoms with van der Waals surface area (Å²) in [5.74, 6) is 0. The lowest BCUT2D eigenvalue weighted by Crippen LogP contribution is -2.36. The zero-order valence-corrected chi connectivity index (χ0v) is 16.7. The third-order valence-corrected chi connectivity index (χ3v) is 3.52. The normalized spacial score (nSPS) is 9.69. The van der Waals surface area contributed by atoms with Crippen LogP contribution in [0.1, 0.15) is 25.0 Å². The second-order valence-corrected chi connectivity index (χ2v) is 5.90. The number of rotatable bonds is 4. The van der Waals surface area contributed by atoms with Crippen LogP contribution >= 0.6 is 24.4 Å². The van der Waals surface area contributed by atoms with Crippen LogP contribution in [0, 0.1) is 13.8 Å². The zero-order valence-electron chi connectivity index (χ0n) is 15.0. The van der Waals surface area contributed by atoms with Crippen LogP contribution in [0.5, 0.6) is 0 Å². The fourth-order valence-corrected chi connectivity index (χ4v) is 2.24. The van der Waals surface area contributed by atoms with Crippen LogP contribution in [0.2, 0.25) is 0 Å². The molecule has 0 radical (unpaired) electrons. The van der Waals surface area contributed by atoms with E-state index in [9.17, 15) is 9.59 Å². The second kappa shape index (κ2) is 10.5. The van der Waals surface area contributed by atoms with Gasteiger partial charge >= 0.3 is 12.2 Å². The summed E-state index contributed by atoms with van der Waals surface area (Å²) in [6.45, 7) is 7.72. The minimum atomic E-state index is -0.650. The Morgan fingerprint density at radius 3 is 1.50 bits per heavy atom. The van der Waals surface area contributed by atoms with Crippen molar-refractivity contribution in [3.63, 3.8) is 0 Å². The Balaban J connectivity index is 2.89. The van der Waals surface area contributed by atoms with Crippen molar-refractivity contribution in [2.24, 2.45) is 0 Å². The highest BCUT2D eigenvalue weighted by molar-refractivity contribution is 7.80. The van der Waals surface area contributed by atoms with E-state index in [2.05, 4.69) is 21.3 Å². The maximum atomic E-state index is 11.5. The first-order valence-electron chi connectivity index (χ1n) is 7.87. The second-order valence-electron chi connectivity index (χ2n) is 5.08. The molecule has 8 nitrogen and oxygen atoms in total. The lowest BCUT2D eigenvalue weighted by Gasteiger charge is -2.17. The Morgan fingerprint density at radius 1 is 0.846 bits per heavy atom. The van der Waals surface area contributed by atoms with E-state index in [1.165, 1.54) is 0 Å². The topological polar surface area (TPSA) is 101 Å². The van der Waals surface area contributed by atoms with Crippen LogP contribution in [0.4, 0.5) is 21.0 Å². The summed E-state index contributed by atoms with van der Waals surface area (Å²) < 4.78 is 9.56. The maximum Gasteiger partial charge on any atom is 0.413 e. The Morgan fingerprint density at radius 2 is 1.19 bits per heavy atom. The molecule has 0 saturated heterocycles. The quantitative estimate of drug-likeness (QED) is 0.574. The largest absolute Gasteiger partial charge is 0.450 e. The van der Waals surface area contributed by atoms with Crippen LogP contribution in [0.15, 0.2) is 12.1 Å². The summed E-state index contributed by atoms with van der Waals surface area (Å²) in [7, 11) is 0. The van der Waals surface area contributed by atoms with Gasteiger partial charge in [-0.05, 0) is 75.4 Å². The van der Waals surface area contributed by atoms with Gasteiger partial charge < -0.3 is 20.1 Å². The van der Waals surface area contributed by atoms with Crippen molar-refractivity contribution >= 4 is 58.2 Å². The van der Waals surface area contributed by atoms with E-state index in [0.717, 1.165) is 11.1 Å². The molecule has 0 heterocycles. The van der Waals surface area contributed by atoms with E-state index in [4.69, 9.17) is 33.9 Å². The van der Waals surface area contributed by atoms with E-state index in [1.807, 2.05) is 26.0 Å². The minimum absolute atomic E-state index is 0.0685. The number of anilines is 2. The van der Waals surface area contributed by atoms with Gasteiger partial charge in [-0.3, -0.25) is 10.6 Å². The number of carbonyl (C=O) groups excluding carboxylic acids is 2. The summed E-state index contributed by atoms with van der Waals surface area (Å²) in [5.41, 5.74) is 3.15. The molecule has 1 aromatic rings. The van der Waals surface area contributed by atoms with Crippen molar-refractivity contribution in [1.29, 1.82) is 0 Å². The number of alkyl carbamates (subject to hydrolysis) is 2. The van der Waals surface area contributed by atoms with Crippen molar-refractivity contribution in [1.82, 2.24) is 10.6 Å². The van der Waals surface area contributed by atoms with Gasteiger partial charge in [-0.15, -0.1) is 0 Å². The van der Waals surface area contributed by atoms with Gasteiger partial charge in [0.25, 0.3) is 0 Å². The number of nitrogens with one attached hydrogen (secondary N) is 4. The van der Waals surface area contributed by atoms with Gasteiger partial charge in [-0.2, -0.15) is 0 Å². The maximum absolute atomic E-state index is 11.5. The highest BCUT2D eigenvalue weighted by Gasteiger charge is 2.12. The molecule has 0 aromatic heterocycles. The summed E-state index contributed by atoms with van der Waals surface area (Å²) in [4.78, 5) is 22.9. The lowest BCUT2D eigenvalue weighted by atomic mass is 10.1. The number of amides is 2. The van der Waals surface area contributed by atoms with Crippen LogP contribution in [-0.4, -0.2) is 35.6 Å². The van der Waals surface area contributed by atoms with E-state index in [-0.39, 0.29) is 23.4 Å². The van der Waals surface area contributed by atoms with Crippen molar-refractivity contribution in [3.8, 4) is 0 Å². The number of thiocarbonyl (C=S) groups is 2. The van der Waals surface area contributed by atoms with Gasteiger partial charge in [0.15, 0.2) is 10.2 Å². The standard InChI is InChI=1S/C16H22N4O4S2/c1-5-23-15(21)19-13(25)17-11-7-9(3)10(4)8-12(11)18-14(26)20-16(22)24-6-2/h7-8H,5-6H2,1-4H3,(H2,17,19,21,25)(H2,18,20,22,26). The third kappa shape index (κ3) is 7.19. The average molecular weight is 399 g/mol. The molecule has 0 aliphatic heterocycles. The highest BCUT2D eigenvalue weighted by Crippen LogP contribution is 2.26. The molecule has 0 spiro atoms. The number of carbonyl (C=O) groups is 2. The first-order chi connectivity index (χ1) is 12.3. The molecule has 0 bridgehead atoms. The predicted molar refractivity (Wildman–Crippen MR) is 109 cm³/mol. The minimum Gasteiger partial charge on any atom is -0.450 e. The molecule has 10 heteroatoms. The first kappa shape index (κ1) is 21.6. The van der Waals surface area contributed by atoms with Crippen LogP contribution in [-0.2, 0) is 9.47 Å². The van der Waals surface area contributed by atoms with Crippen LogP contribution < -0.4 is 21.3 Å². The first-order valence-corrected chi connectivity index (χ1v) is 8.69.